The zero-order chi connectivity index (χ0) is 14.5. The van der Waals surface area contributed by atoms with E-state index < -0.39 is 5.91 Å². The molecule has 0 bridgehead atoms. The molecule has 0 saturated carbocycles. The third-order valence-corrected chi connectivity index (χ3v) is 3.41. The minimum Gasteiger partial charge on any atom is -0.487 e. The lowest BCUT2D eigenvalue weighted by atomic mass is 10.1. The van der Waals surface area contributed by atoms with Crippen LogP contribution in [0.3, 0.4) is 0 Å². The Hall–Kier alpha value is -2.25. The molecule has 0 spiro atoms. The third-order valence-electron chi connectivity index (χ3n) is 2.52. The Morgan fingerprint density at radius 1 is 1.35 bits per heavy atom. The van der Waals surface area contributed by atoms with Gasteiger partial charge in [0, 0.05) is 10.9 Å². The number of nitrogens with zero attached hydrogens (tertiary/aromatic N) is 1. The van der Waals surface area contributed by atoms with Crippen molar-refractivity contribution in [3.8, 4) is 5.75 Å². The first-order chi connectivity index (χ1) is 9.60. The molecule has 1 heterocycles. The van der Waals surface area contributed by atoms with E-state index in [1.54, 1.807) is 29.6 Å². The minimum absolute atomic E-state index is 0.00786. The average Bonchev–Trinajstić information content (AvgIpc) is 2.93. The number of nitrogens with one attached hydrogen (secondary N) is 1. The van der Waals surface area contributed by atoms with Gasteiger partial charge in [-0.05, 0) is 31.2 Å². The van der Waals surface area contributed by atoms with Crippen LogP contribution < -0.4 is 16.0 Å². The largest absolute Gasteiger partial charge is 0.487 e. The SMILES string of the molecule is CC(=O)c1ccc(OCc2csc(C(=O)NN)n2)cc1. The molecule has 2 aromatic rings. The van der Waals surface area contributed by atoms with E-state index in [0.717, 1.165) is 0 Å². The van der Waals surface area contributed by atoms with Crippen LogP contribution in [-0.2, 0) is 6.61 Å². The van der Waals surface area contributed by atoms with Gasteiger partial charge in [-0.2, -0.15) is 0 Å². The molecule has 104 valence electrons. The summed E-state index contributed by atoms with van der Waals surface area (Å²) >= 11 is 1.20. The van der Waals surface area contributed by atoms with E-state index in [4.69, 9.17) is 10.6 Å². The molecule has 0 aliphatic carbocycles. The Morgan fingerprint density at radius 2 is 2.05 bits per heavy atom. The monoisotopic (exact) mass is 291 g/mol. The summed E-state index contributed by atoms with van der Waals surface area (Å²) in [5.41, 5.74) is 3.30. The van der Waals surface area contributed by atoms with Gasteiger partial charge in [-0.3, -0.25) is 15.0 Å². The van der Waals surface area contributed by atoms with Gasteiger partial charge in [0.05, 0.1) is 5.69 Å². The number of hydrogen-bond acceptors (Lipinski definition) is 6. The van der Waals surface area contributed by atoms with Gasteiger partial charge in [-0.25, -0.2) is 10.8 Å². The zero-order valence-corrected chi connectivity index (χ0v) is 11.6. The van der Waals surface area contributed by atoms with Crippen molar-refractivity contribution < 1.29 is 14.3 Å². The second-order valence-corrected chi connectivity index (χ2v) is 4.84. The first-order valence-corrected chi connectivity index (χ1v) is 6.67. The van der Waals surface area contributed by atoms with Crippen molar-refractivity contribution in [1.82, 2.24) is 10.4 Å². The van der Waals surface area contributed by atoms with Crippen molar-refractivity contribution in [2.75, 3.05) is 0 Å². The number of Topliss-reactive ketones (excluding diaryl/α,β-unsaturated/α-hetero) is 1. The van der Waals surface area contributed by atoms with E-state index in [2.05, 4.69) is 4.98 Å². The number of amides is 1. The fraction of sp³-hybridized carbons (Fsp3) is 0.154. The summed E-state index contributed by atoms with van der Waals surface area (Å²) in [6.45, 7) is 1.75. The van der Waals surface area contributed by atoms with Crippen molar-refractivity contribution in [2.45, 2.75) is 13.5 Å². The quantitative estimate of drug-likeness (QED) is 0.377. The first-order valence-electron chi connectivity index (χ1n) is 5.79. The number of thiazole rings is 1. The van der Waals surface area contributed by atoms with Crippen molar-refractivity contribution in [3.05, 3.63) is 45.9 Å². The maximum atomic E-state index is 11.2. The number of ketones is 1. The first kappa shape index (κ1) is 14.2. The molecule has 0 unspecified atom stereocenters. The van der Waals surface area contributed by atoms with Gasteiger partial charge < -0.3 is 4.74 Å². The molecule has 20 heavy (non-hydrogen) atoms. The molecule has 0 atom stereocenters. The molecule has 1 aromatic carbocycles. The van der Waals surface area contributed by atoms with E-state index in [0.29, 0.717) is 17.0 Å². The molecular formula is C13H13N3O3S. The number of rotatable bonds is 5. The van der Waals surface area contributed by atoms with E-state index in [-0.39, 0.29) is 17.4 Å². The van der Waals surface area contributed by atoms with Gasteiger partial charge in [0.15, 0.2) is 10.8 Å². The molecule has 3 N–H and O–H groups in total. The van der Waals surface area contributed by atoms with Crippen molar-refractivity contribution in [3.63, 3.8) is 0 Å². The highest BCUT2D eigenvalue weighted by Gasteiger charge is 2.09. The van der Waals surface area contributed by atoms with Crippen molar-refractivity contribution >= 4 is 23.0 Å². The number of nitrogens with two attached hydrogens (primary N) is 1. The number of aromatic nitrogens is 1. The van der Waals surface area contributed by atoms with Crippen LogP contribution in [0.15, 0.2) is 29.6 Å². The van der Waals surface area contributed by atoms with Gasteiger partial charge in [0.1, 0.15) is 12.4 Å². The summed E-state index contributed by atoms with van der Waals surface area (Å²) in [7, 11) is 0. The van der Waals surface area contributed by atoms with Crippen LogP contribution in [0.4, 0.5) is 0 Å². The normalized spacial score (nSPS) is 10.1. The lowest BCUT2D eigenvalue weighted by Crippen LogP contribution is -2.29. The van der Waals surface area contributed by atoms with Crippen molar-refractivity contribution in [2.24, 2.45) is 5.84 Å². The number of hydrogen-bond donors (Lipinski definition) is 2. The fourth-order valence-corrected chi connectivity index (χ4v) is 2.19. The highest BCUT2D eigenvalue weighted by atomic mass is 32.1. The summed E-state index contributed by atoms with van der Waals surface area (Å²) in [4.78, 5) is 26.5. The lowest BCUT2D eigenvalue weighted by Gasteiger charge is -2.04. The van der Waals surface area contributed by atoms with Crippen molar-refractivity contribution in [1.29, 1.82) is 0 Å². The average molecular weight is 291 g/mol. The Kier molecular flexibility index (Phi) is 4.44. The van der Waals surface area contributed by atoms with Gasteiger partial charge in [-0.15, -0.1) is 11.3 Å². The molecular weight excluding hydrogens is 278 g/mol. The van der Waals surface area contributed by atoms with Crippen LogP contribution in [0.1, 0.15) is 32.8 Å². The molecule has 0 radical (unpaired) electrons. The predicted molar refractivity (Wildman–Crippen MR) is 74.5 cm³/mol. The van der Waals surface area contributed by atoms with Crippen LogP contribution in [-0.4, -0.2) is 16.7 Å². The molecule has 0 saturated heterocycles. The summed E-state index contributed by atoms with van der Waals surface area (Å²) in [5, 5.41) is 2.02. The maximum absolute atomic E-state index is 11.2. The molecule has 6 nitrogen and oxygen atoms in total. The summed E-state index contributed by atoms with van der Waals surface area (Å²) in [6.07, 6.45) is 0. The number of nitrogen functional groups attached to an aromatic ring is 1. The van der Waals surface area contributed by atoms with Gasteiger partial charge in [0.2, 0.25) is 0 Å². The van der Waals surface area contributed by atoms with Gasteiger partial charge in [-0.1, -0.05) is 0 Å². The van der Waals surface area contributed by atoms with Gasteiger partial charge in [0.25, 0.3) is 5.91 Å². The smallest absolute Gasteiger partial charge is 0.294 e. The standard InChI is InChI=1S/C13H13N3O3S/c1-8(17)9-2-4-11(5-3-9)19-6-10-7-20-13(15-10)12(18)16-14/h2-5,7H,6,14H2,1H3,(H,16,18). The summed E-state index contributed by atoms with van der Waals surface area (Å²) in [6, 6.07) is 6.84. The van der Waals surface area contributed by atoms with Gasteiger partial charge >= 0.3 is 0 Å². The summed E-state index contributed by atoms with van der Waals surface area (Å²) in [5.74, 6) is 5.24. The fourth-order valence-electron chi connectivity index (χ4n) is 1.48. The number of benzene rings is 1. The minimum atomic E-state index is -0.424. The van der Waals surface area contributed by atoms with Crippen LogP contribution in [0.25, 0.3) is 0 Å². The number of carbonyl (C=O) groups excluding carboxylic acids is 2. The Labute approximate surface area is 119 Å². The van der Waals surface area contributed by atoms with Crippen LogP contribution in [0, 0.1) is 0 Å². The van der Waals surface area contributed by atoms with Crippen LogP contribution in [0.2, 0.25) is 0 Å². The maximum Gasteiger partial charge on any atom is 0.294 e. The summed E-state index contributed by atoms with van der Waals surface area (Å²) < 4.78 is 5.52. The topological polar surface area (TPSA) is 94.3 Å². The van der Waals surface area contributed by atoms with E-state index in [9.17, 15) is 9.59 Å². The molecule has 0 fully saturated rings. The highest BCUT2D eigenvalue weighted by Crippen LogP contribution is 2.16. The lowest BCUT2D eigenvalue weighted by molar-refractivity contribution is 0.0952. The molecule has 2 rings (SSSR count). The Bertz CT molecular complexity index is 622. The van der Waals surface area contributed by atoms with E-state index in [1.807, 2.05) is 5.43 Å². The number of ether oxygens (including phenoxy) is 1. The van der Waals surface area contributed by atoms with E-state index >= 15 is 0 Å². The van der Waals surface area contributed by atoms with Crippen LogP contribution in [0.5, 0.6) is 5.75 Å². The Morgan fingerprint density at radius 3 is 2.65 bits per heavy atom. The number of carbonyl (C=O) groups is 2. The molecule has 0 aliphatic heterocycles. The second kappa shape index (κ2) is 6.27. The molecule has 0 aliphatic rings. The predicted octanol–water partition coefficient (Wildman–Crippen LogP) is 1.53. The van der Waals surface area contributed by atoms with E-state index in [1.165, 1.54) is 18.3 Å². The third kappa shape index (κ3) is 3.40. The van der Waals surface area contributed by atoms with Crippen LogP contribution >= 0.6 is 11.3 Å². The molecule has 7 heteroatoms. The molecule has 1 aromatic heterocycles. The highest BCUT2D eigenvalue weighted by molar-refractivity contribution is 7.11. The zero-order valence-electron chi connectivity index (χ0n) is 10.8. The Balaban J connectivity index is 1.96. The second-order valence-electron chi connectivity index (χ2n) is 3.99. The number of hydrazine groups is 1. The molecule has 1 amide bonds.